The first-order valence-electron chi connectivity index (χ1n) is 6.77. The van der Waals surface area contributed by atoms with Gasteiger partial charge in [-0.3, -0.25) is 4.79 Å². The number of ether oxygens (including phenoxy) is 1. The zero-order valence-electron chi connectivity index (χ0n) is 12.2. The Bertz CT molecular complexity index is 833. The number of fused-ring (bicyclic) bond motifs is 1. The molecular weight excluding hydrogens is 336 g/mol. The van der Waals surface area contributed by atoms with Crippen molar-refractivity contribution in [3.8, 4) is 5.75 Å². The van der Waals surface area contributed by atoms with Crippen molar-refractivity contribution in [3.63, 3.8) is 0 Å². The number of halogens is 1. The molecule has 5 nitrogen and oxygen atoms in total. The zero-order valence-corrected chi connectivity index (χ0v) is 13.8. The van der Waals surface area contributed by atoms with E-state index in [-0.39, 0.29) is 11.7 Å². The van der Waals surface area contributed by atoms with Crippen molar-refractivity contribution >= 4 is 46.1 Å². The summed E-state index contributed by atoms with van der Waals surface area (Å²) in [4.78, 5) is 16.3. The molecule has 23 heavy (non-hydrogen) atoms. The molecule has 1 N–H and O–H groups in total. The first kappa shape index (κ1) is 15.7. The van der Waals surface area contributed by atoms with Gasteiger partial charge in [0.1, 0.15) is 11.3 Å². The number of nitrogens with one attached hydrogen (secondary N) is 1. The first-order valence-corrected chi connectivity index (χ1v) is 8.13. The van der Waals surface area contributed by atoms with E-state index in [1.165, 1.54) is 11.8 Å². The van der Waals surface area contributed by atoms with Crippen LogP contribution in [0.5, 0.6) is 5.75 Å². The predicted octanol–water partition coefficient (Wildman–Crippen LogP) is 4.22. The fraction of sp³-hybridized carbons (Fsp3) is 0.125. The molecule has 7 heteroatoms. The highest BCUT2D eigenvalue weighted by molar-refractivity contribution is 7.99. The summed E-state index contributed by atoms with van der Waals surface area (Å²) in [6, 6.07) is 12.4. The molecule has 0 radical (unpaired) electrons. The Kier molecular flexibility index (Phi) is 4.73. The van der Waals surface area contributed by atoms with E-state index >= 15 is 0 Å². The highest BCUT2D eigenvalue weighted by Gasteiger charge is 2.10. The number of rotatable bonds is 5. The Hall–Kier alpha value is -2.18. The number of carbonyl (C=O) groups is 1. The smallest absolute Gasteiger partial charge is 0.257 e. The lowest BCUT2D eigenvalue weighted by atomic mass is 10.3. The minimum atomic E-state index is -0.138. The molecular formula is C16H13ClN2O3S. The lowest BCUT2D eigenvalue weighted by Crippen LogP contribution is -2.13. The average Bonchev–Trinajstić information content (AvgIpc) is 2.95. The highest BCUT2D eigenvalue weighted by Crippen LogP contribution is 2.25. The van der Waals surface area contributed by atoms with Crippen molar-refractivity contribution in [2.75, 3.05) is 18.2 Å². The lowest BCUT2D eigenvalue weighted by molar-refractivity contribution is -0.113. The molecule has 0 aliphatic rings. The molecule has 0 atom stereocenters. The number of hydrogen-bond acceptors (Lipinski definition) is 5. The van der Waals surface area contributed by atoms with Crippen molar-refractivity contribution in [3.05, 3.63) is 47.5 Å². The fourth-order valence-corrected chi connectivity index (χ4v) is 2.74. The lowest BCUT2D eigenvalue weighted by Gasteiger charge is -2.05. The van der Waals surface area contributed by atoms with Crippen LogP contribution >= 0.6 is 23.4 Å². The number of benzene rings is 2. The predicted molar refractivity (Wildman–Crippen MR) is 91.4 cm³/mol. The van der Waals surface area contributed by atoms with Gasteiger partial charge < -0.3 is 14.5 Å². The van der Waals surface area contributed by atoms with Crippen molar-refractivity contribution in [2.24, 2.45) is 0 Å². The summed E-state index contributed by atoms with van der Waals surface area (Å²) in [6.45, 7) is 0. The molecule has 0 aliphatic heterocycles. The van der Waals surface area contributed by atoms with E-state index < -0.39 is 0 Å². The Morgan fingerprint density at radius 3 is 2.83 bits per heavy atom. The first-order chi connectivity index (χ1) is 11.1. The fourth-order valence-electron chi connectivity index (χ4n) is 1.94. The van der Waals surface area contributed by atoms with Gasteiger partial charge in [-0.15, -0.1) is 0 Å². The van der Waals surface area contributed by atoms with Gasteiger partial charge in [0.05, 0.1) is 12.9 Å². The largest absolute Gasteiger partial charge is 0.497 e. The molecule has 1 heterocycles. The van der Waals surface area contributed by atoms with E-state index in [0.29, 0.717) is 27.0 Å². The topological polar surface area (TPSA) is 64.4 Å². The zero-order chi connectivity index (χ0) is 16.2. The van der Waals surface area contributed by atoms with Gasteiger partial charge in [0.25, 0.3) is 5.22 Å². The van der Waals surface area contributed by atoms with E-state index in [1.807, 2.05) is 0 Å². The maximum absolute atomic E-state index is 12.0. The van der Waals surface area contributed by atoms with Crippen molar-refractivity contribution in [2.45, 2.75) is 5.22 Å². The van der Waals surface area contributed by atoms with Gasteiger partial charge in [-0.1, -0.05) is 23.4 Å². The third kappa shape index (κ3) is 3.97. The molecule has 0 aliphatic carbocycles. The average molecular weight is 349 g/mol. The molecule has 2 aromatic carbocycles. The second-order valence-electron chi connectivity index (χ2n) is 4.66. The number of amides is 1. The summed E-state index contributed by atoms with van der Waals surface area (Å²) in [6.07, 6.45) is 0. The van der Waals surface area contributed by atoms with Crippen LogP contribution in [0.4, 0.5) is 5.69 Å². The van der Waals surface area contributed by atoms with E-state index in [9.17, 15) is 4.79 Å². The molecule has 3 rings (SSSR count). The molecule has 0 saturated heterocycles. The van der Waals surface area contributed by atoms with Crippen LogP contribution in [0.25, 0.3) is 11.1 Å². The third-order valence-electron chi connectivity index (χ3n) is 3.03. The Labute approximate surface area is 142 Å². The minimum Gasteiger partial charge on any atom is -0.497 e. The molecule has 0 bridgehead atoms. The van der Waals surface area contributed by atoms with Gasteiger partial charge in [0.2, 0.25) is 5.91 Å². The molecule has 0 unspecified atom stereocenters. The van der Waals surface area contributed by atoms with Crippen LogP contribution in [0.3, 0.4) is 0 Å². The maximum Gasteiger partial charge on any atom is 0.257 e. The molecule has 3 aromatic rings. The standard InChI is InChI=1S/C16H13ClN2O3S/c1-21-12-5-3-11(4-6-12)18-15(20)9-23-16-19-13-7-2-10(17)8-14(13)22-16/h2-8H,9H2,1H3,(H,18,20). The van der Waals surface area contributed by atoms with Crippen molar-refractivity contribution in [1.29, 1.82) is 0 Å². The highest BCUT2D eigenvalue weighted by atomic mass is 35.5. The molecule has 0 saturated carbocycles. The molecule has 118 valence electrons. The van der Waals surface area contributed by atoms with Crippen LogP contribution in [0.15, 0.2) is 52.1 Å². The van der Waals surface area contributed by atoms with E-state index in [1.54, 1.807) is 49.6 Å². The number of thioether (sulfide) groups is 1. The van der Waals surface area contributed by atoms with Crippen LogP contribution in [0.1, 0.15) is 0 Å². The van der Waals surface area contributed by atoms with Crippen LogP contribution in [0.2, 0.25) is 5.02 Å². The monoisotopic (exact) mass is 348 g/mol. The molecule has 1 aromatic heterocycles. The second-order valence-corrected chi connectivity index (χ2v) is 6.02. The normalized spacial score (nSPS) is 10.7. The van der Waals surface area contributed by atoms with Crippen LogP contribution in [-0.4, -0.2) is 23.8 Å². The number of oxazole rings is 1. The van der Waals surface area contributed by atoms with Crippen LogP contribution in [-0.2, 0) is 4.79 Å². The van der Waals surface area contributed by atoms with Crippen molar-refractivity contribution < 1.29 is 13.9 Å². The molecule has 1 amide bonds. The summed E-state index contributed by atoms with van der Waals surface area (Å²) in [5.41, 5.74) is 2.03. The van der Waals surface area contributed by atoms with Crippen LogP contribution in [0, 0.1) is 0 Å². The summed E-state index contributed by atoms with van der Waals surface area (Å²) in [5.74, 6) is 0.801. The van der Waals surface area contributed by atoms with Gasteiger partial charge in [0, 0.05) is 16.8 Å². The number of nitrogens with zero attached hydrogens (tertiary/aromatic N) is 1. The number of carbonyl (C=O) groups excluding carboxylic acids is 1. The second kappa shape index (κ2) is 6.93. The summed E-state index contributed by atoms with van der Waals surface area (Å²) in [7, 11) is 1.59. The van der Waals surface area contributed by atoms with Crippen molar-refractivity contribution in [1.82, 2.24) is 4.98 Å². The van der Waals surface area contributed by atoms with E-state index in [4.69, 9.17) is 20.8 Å². The maximum atomic E-state index is 12.0. The quantitative estimate of drug-likeness (QED) is 0.699. The van der Waals surface area contributed by atoms with Gasteiger partial charge in [0.15, 0.2) is 5.58 Å². The van der Waals surface area contributed by atoms with E-state index in [0.717, 1.165) is 5.75 Å². The van der Waals surface area contributed by atoms with E-state index in [2.05, 4.69) is 10.3 Å². The number of anilines is 1. The van der Waals surface area contributed by atoms with Gasteiger partial charge in [-0.2, -0.15) is 0 Å². The SMILES string of the molecule is COc1ccc(NC(=O)CSc2nc3ccc(Cl)cc3o2)cc1. The van der Waals surface area contributed by atoms with Gasteiger partial charge in [-0.05, 0) is 36.4 Å². The summed E-state index contributed by atoms with van der Waals surface area (Å²) < 4.78 is 10.6. The molecule has 0 fully saturated rings. The number of hydrogen-bond donors (Lipinski definition) is 1. The van der Waals surface area contributed by atoms with Gasteiger partial charge in [-0.25, -0.2) is 4.98 Å². The number of aromatic nitrogens is 1. The third-order valence-corrected chi connectivity index (χ3v) is 4.09. The Morgan fingerprint density at radius 1 is 1.30 bits per heavy atom. The Balaban J connectivity index is 1.58. The summed E-state index contributed by atoms with van der Waals surface area (Å²) in [5, 5.41) is 3.82. The van der Waals surface area contributed by atoms with Gasteiger partial charge >= 0.3 is 0 Å². The summed E-state index contributed by atoms with van der Waals surface area (Å²) >= 11 is 7.13. The number of methoxy groups -OCH3 is 1. The Morgan fingerprint density at radius 2 is 2.09 bits per heavy atom. The minimum absolute atomic E-state index is 0.138. The van der Waals surface area contributed by atoms with Crippen LogP contribution < -0.4 is 10.1 Å². The molecule has 0 spiro atoms.